The summed E-state index contributed by atoms with van der Waals surface area (Å²) < 4.78 is 0. The van der Waals surface area contributed by atoms with Gasteiger partial charge < -0.3 is 5.11 Å². The predicted octanol–water partition coefficient (Wildman–Crippen LogP) is 2.93. The largest absolute Gasteiger partial charge is 0.481 e. The molecule has 1 aliphatic heterocycles. The van der Waals surface area contributed by atoms with E-state index in [1.165, 1.54) is 24.3 Å². The second-order valence-electron chi connectivity index (χ2n) is 4.77. The van der Waals surface area contributed by atoms with E-state index in [1.807, 2.05) is 11.6 Å². The quantitative estimate of drug-likeness (QED) is 0.806. The highest BCUT2D eigenvalue weighted by atomic mass is 32.1. The molecule has 1 unspecified atom stereocenters. The molecule has 2 rings (SSSR count). The first-order chi connectivity index (χ1) is 8.77. The van der Waals surface area contributed by atoms with Crippen molar-refractivity contribution in [3.05, 3.63) is 16.6 Å². The summed E-state index contributed by atoms with van der Waals surface area (Å²) in [5.74, 6) is -0.690. The first kappa shape index (κ1) is 13.5. The highest BCUT2D eigenvalue weighted by Gasteiger charge is 2.25. The number of carboxylic acids is 1. The third kappa shape index (κ3) is 3.78. The van der Waals surface area contributed by atoms with Crippen LogP contribution in [0, 0.1) is 0 Å². The van der Waals surface area contributed by atoms with Crippen molar-refractivity contribution >= 4 is 17.3 Å². The summed E-state index contributed by atoms with van der Waals surface area (Å²) in [6.45, 7) is 2.12. The molecule has 1 aromatic heterocycles. The van der Waals surface area contributed by atoms with Gasteiger partial charge >= 0.3 is 5.97 Å². The molecule has 5 heteroatoms. The smallest absolute Gasteiger partial charge is 0.303 e. The van der Waals surface area contributed by atoms with E-state index >= 15 is 0 Å². The summed E-state index contributed by atoms with van der Waals surface area (Å²) in [5, 5.41) is 11.9. The minimum Gasteiger partial charge on any atom is -0.481 e. The van der Waals surface area contributed by atoms with E-state index in [2.05, 4.69) is 9.88 Å². The highest BCUT2D eigenvalue weighted by molar-refractivity contribution is 7.09. The average Bonchev–Trinajstić information content (AvgIpc) is 2.88. The van der Waals surface area contributed by atoms with E-state index in [4.69, 9.17) is 5.11 Å². The number of likely N-dealkylation sites (tertiary alicyclic amines) is 1. The van der Waals surface area contributed by atoms with Crippen LogP contribution in [-0.4, -0.2) is 34.0 Å². The molecule has 0 saturated carbocycles. The van der Waals surface area contributed by atoms with E-state index < -0.39 is 5.97 Å². The van der Waals surface area contributed by atoms with E-state index in [0.29, 0.717) is 6.04 Å². The van der Waals surface area contributed by atoms with Crippen LogP contribution in [-0.2, 0) is 4.79 Å². The Bertz CT molecular complexity index is 367. The molecule has 2 heterocycles. The third-order valence-electron chi connectivity index (χ3n) is 3.44. The van der Waals surface area contributed by atoms with E-state index in [1.54, 1.807) is 11.3 Å². The van der Waals surface area contributed by atoms with Crippen LogP contribution in [0.1, 0.15) is 49.6 Å². The standard InChI is InChI=1S/C13H20N2O2S/c16-12(17)6-2-4-9-15-8-3-1-5-11(15)13-14-7-10-18-13/h7,10-11H,1-6,8-9H2,(H,16,17). The van der Waals surface area contributed by atoms with Crippen LogP contribution in [0.25, 0.3) is 0 Å². The van der Waals surface area contributed by atoms with Crippen LogP contribution in [0.5, 0.6) is 0 Å². The minimum absolute atomic E-state index is 0.287. The van der Waals surface area contributed by atoms with Crippen LogP contribution in [0.4, 0.5) is 0 Å². The molecule has 1 saturated heterocycles. The molecule has 1 atom stereocenters. The van der Waals surface area contributed by atoms with Gasteiger partial charge in [-0.15, -0.1) is 11.3 Å². The molecular formula is C13H20N2O2S. The number of thiazole rings is 1. The molecule has 100 valence electrons. The number of carbonyl (C=O) groups is 1. The molecule has 0 amide bonds. The van der Waals surface area contributed by atoms with Gasteiger partial charge in [-0.2, -0.15) is 0 Å². The molecule has 4 nitrogen and oxygen atoms in total. The lowest BCUT2D eigenvalue weighted by atomic mass is 10.0. The van der Waals surface area contributed by atoms with Crippen molar-refractivity contribution < 1.29 is 9.90 Å². The van der Waals surface area contributed by atoms with Crippen LogP contribution >= 0.6 is 11.3 Å². The van der Waals surface area contributed by atoms with E-state index in [-0.39, 0.29) is 6.42 Å². The summed E-state index contributed by atoms with van der Waals surface area (Å²) >= 11 is 1.73. The molecule has 0 spiro atoms. The monoisotopic (exact) mass is 268 g/mol. The summed E-state index contributed by atoms with van der Waals surface area (Å²) in [6, 6.07) is 0.462. The Morgan fingerprint density at radius 1 is 1.50 bits per heavy atom. The zero-order valence-corrected chi connectivity index (χ0v) is 11.4. The molecule has 1 fully saturated rings. The molecule has 0 aromatic carbocycles. The molecule has 0 aliphatic carbocycles. The predicted molar refractivity (Wildman–Crippen MR) is 71.8 cm³/mol. The van der Waals surface area contributed by atoms with Crippen LogP contribution in [0.2, 0.25) is 0 Å². The van der Waals surface area contributed by atoms with Crippen LogP contribution < -0.4 is 0 Å². The first-order valence-corrected chi connectivity index (χ1v) is 7.50. The number of nitrogens with zero attached hydrogens (tertiary/aromatic N) is 2. The zero-order valence-electron chi connectivity index (χ0n) is 10.5. The van der Waals surface area contributed by atoms with Gasteiger partial charge in [0, 0.05) is 18.0 Å². The van der Waals surface area contributed by atoms with Gasteiger partial charge in [0.15, 0.2) is 0 Å². The number of carboxylic acid groups (broad SMARTS) is 1. The lowest BCUT2D eigenvalue weighted by Crippen LogP contribution is -2.34. The number of rotatable bonds is 6. The van der Waals surface area contributed by atoms with Gasteiger partial charge in [0.2, 0.25) is 0 Å². The normalized spacial score (nSPS) is 21.0. The average molecular weight is 268 g/mol. The number of aliphatic carboxylic acids is 1. The Kier molecular flexibility index (Phi) is 5.13. The fraction of sp³-hybridized carbons (Fsp3) is 0.692. The SMILES string of the molecule is O=C(O)CCCCN1CCCCC1c1nccs1. The molecule has 1 aliphatic rings. The van der Waals surface area contributed by atoms with Crippen molar-refractivity contribution in [1.82, 2.24) is 9.88 Å². The molecule has 0 bridgehead atoms. The molecule has 18 heavy (non-hydrogen) atoms. The summed E-state index contributed by atoms with van der Waals surface area (Å²) in [6.07, 6.45) is 7.61. The van der Waals surface area contributed by atoms with E-state index in [9.17, 15) is 4.79 Å². The number of hydrogen-bond acceptors (Lipinski definition) is 4. The Labute approximate surface area is 112 Å². The number of piperidine rings is 1. The Balaban J connectivity index is 1.82. The number of unbranched alkanes of at least 4 members (excludes halogenated alkanes) is 1. The number of aromatic nitrogens is 1. The summed E-state index contributed by atoms with van der Waals surface area (Å²) in [5.41, 5.74) is 0. The molecule has 0 radical (unpaired) electrons. The minimum atomic E-state index is -0.690. The van der Waals surface area contributed by atoms with Crippen LogP contribution in [0.3, 0.4) is 0 Å². The van der Waals surface area contributed by atoms with Gasteiger partial charge in [-0.05, 0) is 38.8 Å². The molecule has 1 aromatic rings. The number of hydrogen-bond donors (Lipinski definition) is 1. The maximum absolute atomic E-state index is 10.5. The Morgan fingerprint density at radius 2 is 2.39 bits per heavy atom. The first-order valence-electron chi connectivity index (χ1n) is 6.62. The highest BCUT2D eigenvalue weighted by Crippen LogP contribution is 2.31. The van der Waals surface area contributed by atoms with Gasteiger partial charge in [0.25, 0.3) is 0 Å². The van der Waals surface area contributed by atoms with Crippen molar-refractivity contribution in [3.63, 3.8) is 0 Å². The fourth-order valence-electron chi connectivity index (χ4n) is 2.53. The maximum Gasteiger partial charge on any atom is 0.303 e. The van der Waals surface area contributed by atoms with Crippen LogP contribution in [0.15, 0.2) is 11.6 Å². The topological polar surface area (TPSA) is 53.4 Å². The van der Waals surface area contributed by atoms with Gasteiger partial charge in [0.1, 0.15) is 5.01 Å². The van der Waals surface area contributed by atoms with Gasteiger partial charge in [-0.1, -0.05) is 6.42 Å². The van der Waals surface area contributed by atoms with Crippen molar-refractivity contribution in [2.45, 2.75) is 44.6 Å². The lowest BCUT2D eigenvalue weighted by Gasteiger charge is -2.34. The van der Waals surface area contributed by atoms with Crippen molar-refractivity contribution in [1.29, 1.82) is 0 Å². The Hall–Kier alpha value is -0.940. The Morgan fingerprint density at radius 3 is 3.11 bits per heavy atom. The second kappa shape index (κ2) is 6.85. The van der Waals surface area contributed by atoms with Gasteiger partial charge in [-0.25, -0.2) is 4.98 Å². The second-order valence-corrected chi connectivity index (χ2v) is 5.69. The maximum atomic E-state index is 10.5. The van der Waals surface area contributed by atoms with Gasteiger partial charge in [0.05, 0.1) is 6.04 Å². The van der Waals surface area contributed by atoms with E-state index in [0.717, 1.165) is 25.9 Å². The van der Waals surface area contributed by atoms with Crippen molar-refractivity contribution in [2.75, 3.05) is 13.1 Å². The van der Waals surface area contributed by atoms with Gasteiger partial charge in [-0.3, -0.25) is 9.69 Å². The van der Waals surface area contributed by atoms with Crippen molar-refractivity contribution in [2.24, 2.45) is 0 Å². The molecule has 1 N–H and O–H groups in total. The van der Waals surface area contributed by atoms with Crippen molar-refractivity contribution in [3.8, 4) is 0 Å². The lowest BCUT2D eigenvalue weighted by molar-refractivity contribution is -0.137. The zero-order chi connectivity index (χ0) is 12.8. The summed E-state index contributed by atoms with van der Waals surface area (Å²) in [7, 11) is 0. The fourth-order valence-corrected chi connectivity index (χ4v) is 3.34. The third-order valence-corrected chi connectivity index (χ3v) is 4.31. The summed E-state index contributed by atoms with van der Waals surface area (Å²) in [4.78, 5) is 17.4. The molecular weight excluding hydrogens is 248 g/mol.